The van der Waals surface area contributed by atoms with Crippen LogP contribution >= 0.6 is 0 Å². The number of hydroxylamine groups is 3. The van der Waals surface area contributed by atoms with E-state index in [1.807, 2.05) is 37.4 Å². The second-order valence-electron chi connectivity index (χ2n) is 20.5. The normalized spacial score (nSPS) is 16.8. The van der Waals surface area contributed by atoms with Crippen molar-refractivity contribution in [3.63, 3.8) is 0 Å². The number of benzene rings is 3. The Bertz CT molecular complexity index is 3580. The zero-order chi connectivity index (χ0) is 61.1. The van der Waals surface area contributed by atoms with Gasteiger partial charge in [-0.15, -0.1) is 0 Å². The standard InChI is InChI=1S/C21H26N2O5S.C18H17F3N2O5S.C18H20N2O5S/c1-15(2)13-16-3-8-19(22-14-16)17-4-6-18(7-5-17)29(26,27)21(20(24)23-25)9-11-28-12-10-21;19-18(20,21)13-3-6-15(22-11-13)12-1-4-14(5-2-12)29(26,27)17(16(24)23-25)7-9-28-10-8-17;1-13-2-7-16(19-12-13)14-3-5-15(6-4-14)26(23,24)18(17(21)20-22)8-10-25-11-9-18/h3-8,14-15,25H,9-13H2,1-2H3,(H,23,24);1-6,11,25H,7-10H2,(H,23,24);2-7,12,22H,8-11H2,1H3,(H,20,21). The molecule has 6 heterocycles. The van der Waals surface area contributed by atoms with Gasteiger partial charge in [-0.25, -0.2) is 41.7 Å². The molecule has 450 valence electrons. The van der Waals surface area contributed by atoms with E-state index in [0.717, 1.165) is 46.1 Å². The van der Waals surface area contributed by atoms with E-state index >= 15 is 0 Å². The summed E-state index contributed by atoms with van der Waals surface area (Å²) in [6, 6.07) is 27.7. The highest BCUT2D eigenvalue weighted by molar-refractivity contribution is 7.94. The van der Waals surface area contributed by atoms with Crippen molar-refractivity contribution in [2.45, 2.75) is 101 Å². The number of carbonyl (C=O) groups excluding carboxylic acids is 3. The molecular weight excluding hydrogens is 1160 g/mol. The number of carbonyl (C=O) groups is 3. The number of alkyl halides is 3. The molecule has 3 amide bonds. The predicted molar refractivity (Wildman–Crippen MR) is 297 cm³/mol. The molecule has 0 bridgehead atoms. The van der Waals surface area contributed by atoms with Gasteiger partial charge in [0, 0.05) is 74.9 Å². The number of pyridine rings is 3. The van der Waals surface area contributed by atoms with Gasteiger partial charge in [0.05, 0.1) is 37.3 Å². The Kier molecular flexibility index (Phi) is 20.6. The number of nitrogens with one attached hydrogen (secondary N) is 3. The molecular formula is C57H63F3N6O15S3. The summed E-state index contributed by atoms with van der Waals surface area (Å²) in [5.41, 5.74) is 9.43. The van der Waals surface area contributed by atoms with Gasteiger partial charge in [0.25, 0.3) is 17.7 Å². The summed E-state index contributed by atoms with van der Waals surface area (Å²) in [6.45, 7) is 6.86. The number of hydrogen-bond donors (Lipinski definition) is 6. The van der Waals surface area contributed by atoms with Crippen molar-refractivity contribution in [3.05, 3.63) is 144 Å². The van der Waals surface area contributed by atoms with Crippen LogP contribution in [0.2, 0.25) is 0 Å². The second-order valence-corrected chi connectivity index (χ2v) is 27.3. The predicted octanol–water partition coefficient (Wildman–Crippen LogP) is 7.26. The maximum absolute atomic E-state index is 13.3. The minimum Gasteiger partial charge on any atom is -0.381 e. The van der Waals surface area contributed by atoms with Crippen molar-refractivity contribution < 1.29 is 82.6 Å². The van der Waals surface area contributed by atoms with Crippen molar-refractivity contribution in [2.75, 3.05) is 39.6 Å². The monoisotopic (exact) mass is 1220 g/mol. The Morgan fingerprint density at radius 2 is 0.798 bits per heavy atom. The van der Waals surface area contributed by atoms with E-state index in [1.54, 1.807) is 30.5 Å². The van der Waals surface area contributed by atoms with Crippen LogP contribution in [0.3, 0.4) is 0 Å². The fraction of sp³-hybridized carbons (Fsp3) is 0.368. The van der Waals surface area contributed by atoms with Gasteiger partial charge in [0.1, 0.15) is 0 Å². The lowest BCUT2D eigenvalue weighted by atomic mass is 9.98. The van der Waals surface area contributed by atoms with Crippen molar-refractivity contribution in [2.24, 2.45) is 5.92 Å². The van der Waals surface area contributed by atoms with Crippen LogP contribution in [0.4, 0.5) is 13.2 Å². The SMILES string of the molecule is CC(C)Cc1ccc(-c2ccc(S(=O)(=O)C3(C(=O)NO)CCOCC3)cc2)nc1.Cc1ccc(-c2ccc(S(=O)(=O)C3(C(=O)NO)CCOCC3)cc2)nc1.O=C(NO)C1(S(=O)(=O)c2ccc(-c3ccc(C(F)(F)F)cn3)cc2)CCOCC1. The Morgan fingerprint density at radius 1 is 0.488 bits per heavy atom. The number of nitrogens with zero attached hydrogens (tertiary/aromatic N) is 3. The first-order chi connectivity index (χ1) is 39.8. The summed E-state index contributed by atoms with van der Waals surface area (Å²) in [5.74, 6) is -2.34. The van der Waals surface area contributed by atoms with E-state index in [-0.39, 0.29) is 98.5 Å². The molecule has 84 heavy (non-hydrogen) atoms. The van der Waals surface area contributed by atoms with E-state index in [2.05, 4.69) is 28.8 Å². The average molecular weight is 1230 g/mol. The summed E-state index contributed by atoms with van der Waals surface area (Å²) >= 11 is 0. The summed E-state index contributed by atoms with van der Waals surface area (Å²) in [7, 11) is -12.2. The second kappa shape index (κ2) is 26.9. The molecule has 3 fully saturated rings. The van der Waals surface area contributed by atoms with Crippen molar-refractivity contribution in [1.29, 1.82) is 0 Å². The van der Waals surface area contributed by atoms with Gasteiger partial charge >= 0.3 is 6.18 Å². The Labute approximate surface area is 483 Å². The summed E-state index contributed by atoms with van der Waals surface area (Å²) in [5, 5.41) is 27.2. The third-order valence-corrected chi connectivity index (χ3v) is 22.4. The molecule has 0 aliphatic carbocycles. The molecule has 3 aromatic heterocycles. The van der Waals surface area contributed by atoms with Crippen LogP contribution in [0.1, 0.15) is 69.1 Å². The molecule has 27 heteroatoms. The number of ether oxygens (including phenoxy) is 3. The number of amides is 3. The van der Waals surface area contributed by atoms with Gasteiger partial charge in [-0.2, -0.15) is 13.2 Å². The van der Waals surface area contributed by atoms with Crippen LogP contribution < -0.4 is 16.4 Å². The van der Waals surface area contributed by atoms with Gasteiger partial charge in [-0.3, -0.25) is 45.0 Å². The summed E-state index contributed by atoms with van der Waals surface area (Å²) in [6.07, 6.45) is 0.427. The van der Waals surface area contributed by atoms with Gasteiger partial charge in [0.15, 0.2) is 43.8 Å². The highest BCUT2D eigenvalue weighted by Crippen LogP contribution is 2.39. The van der Waals surface area contributed by atoms with Crippen LogP contribution in [0.25, 0.3) is 33.8 Å². The number of halogens is 3. The molecule has 21 nitrogen and oxygen atoms in total. The van der Waals surface area contributed by atoms with Crippen LogP contribution in [-0.2, 0) is 70.7 Å². The van der Waals surface area contributed by atoms with Crippen molar-refractivity contribution in [1.82, 2.24) is 31.4 Å². The summed E-state index contributed by atoms with van der Waals surface area (Å²) < 4.78 is 127. The molecule has 0 spiro atoms. The lowest BCUT2D eigenvalue weighted by molar-refractivity contribution is -0.138. The minimum absolute atomic E-state index is 0.0109. The van der Waals surface area contributed by atoms with Crippen LogP contribution in [-0.4, -0.2) is 127 Å². The fourth-order valence-electron chi connectivity index (χ4n) is 9.91. The minimum atomic E-state index is -4.51. The van der Waals surface area contributed by atoms with Gasteiger partial charge in [0.2, 0.25) is 0 Å². The molecule has 9 rings (SSSR count). The topological polar surface area (TPSA) is 317 Å². The maximum Gasteiger partial charge on any atom is 0.417 e. The molecule has 3 aliphatic rings. The van der Waals surface area contributed by atoms with Gasteiger partial charge in [-0.1, -0.05) is 62.4 Å². The van der Waals surface area contributed by atoms with Crippen LogP contribution in [0, 0.1) is 12.8 Å². The van der Waals surface area contributed by atoms with E-state index in [0.29, 0.717) is 17.7 Å². The van der Waals surface area contributed by atoms with Crippen LogP contribution in [0.5, 0.6) is 0 Å². The summed E-state index contributed by atoms with van der Waals surface area (Å²) in [4.78, 5) is 49.2. The maximum atomic E-state index is 13.3. The van der Waals surface area contributed by atoms with E-state index in [4.69, 9.17) is 29.8 Å². The van der Waals surface area contributed by atoms with Gasteiger partial charge in [-0.05, 0) is 130 Å². The first-order valence-electron chi connectivity index (χ1n) is 26.4. The largest absolute Gasteiger partial charge is 0.417 e. The van der Waals surface area contributed by atoms with E-state index < -0.39 is 73.2 Å². The number of hydrogen-bond acceptors (Lipinski definition) is 18. The zero-order valence-corrected chi connectivity index (χ0v) is 48.3. The Morgan fingerprint density at radius 3 is 1.05 bits per heavy atom. The van der Waals surface area contributed by atoms with Crippen LogP contribution in [0.15, 0.2) is 142 Å². The highest BCUT2D eigenvalue weighted by atomic mass is 32.2. The van der Waals surface area contributed by atoms with Crippen molar-refractivity contribution >= 4 is 47.2 Å². The molecule has 3 aliphatic heterocycles. The molecule has 0 saturated carbocycles. The first-order valence-corrected chi connectivity index (χ1v) is 30.8. The first kappa shape index (κ1) is 64.5. The third kappa shape index (κ3) is 13.5. The lowest BCUT2D eigenvalue weighted by Crippen LogP contribution is -2.54. The third-order valence-electron chi connectivity index (χ3n) is 14.8. The molecule has 0 atom stereocenters. The van der Waals surface area contributed by atoms with Crippen molar-refractivity contribution in [3.8, 4) is 33.8 Å². The van der Waals surface area contributed by atoms with E-state index in [9.17, 15) is 52.8 Å². The molecule has 3 aromatic carbocycles. The van der Waals surface area contributed by atoms with Gasteiger partial charge < -0.3 is 14.2 Å². The zero-order valence-electron chi connectivity index (χ0n) is 45.8. The average Bonchev–Trinajstić information content (AvgIpc) is 1.24. The molecule has 0 unspecified atom stereocenters. The quantitative estimate of drug-likeness (QED) is 0.0462. The molecule has 3 saturated heterocycles. The Balaban J connectivity index is 0.000000181. The number of rotatable bonds is 14. The Hall–Kier alpha value is -7.08. The number of aromatic nitrogens is 3. The fourth-order valence-corrected chi connectivity index (χ4v) is 15.7. The smallest absolute Gasteiger partial charge is 0.381 e. The molecule has 0 radical (unpaired) electrons. The highest BCUT2D eigenvalue weighted by Gasteiger charge is 2.54. The van der Waals surface area contributed by atoms with E-state index in [1.165, 1.54) is 71.0 Å². The number of sulfone groups is 3. The number of aryl methyl sites for hydroxylation is 1. The molecule has 6 aromatic rings. The molecule has 6 N–H and O–H groups in total. The lowest BCUT2D eigenvalue weighted by Gasteiger charge is -2.34.